The Hall–Kier alpha value is -0.740. The molecule has 0 saturated heterocycles. The topological polar surface area (TPSA) is 29.1 Å². The fourth-order valence-corrected chi connectivity index (χ4v) is 1.33. The summed E-state index contributed by atoms with van der Waals surface area (Å²) in [6.07, 6.45) is -2.00. The molecule has 1 fully saturated rings. The Morgan fingerprint density at radius 3 is 2.31 bits per heavy atom. The van der Waals surface area contributed by atoms with Crippen molar-refractivity contribution in [3.05, 3.63) is 0 Å². The Bertz CT molecular complexity index is 208. The van der Waals surface area contributed by atoms with Gasteiger partial charge in [-0.3, -0.25) is 4.79 Å². The molecule has 0 radical (unpaired) electrons. The molecule has 1 aliphatic rings. The Balaban J connectivity index is 2.34. The van der Waals surface area contributed by atoms with E-state index in [1.165, 1.54) is 0 Å². The molecule has 0 aliphatic heterocycles. The normalized spacial score (nSPS) is 20.6. The first-order valence-corrected chi connectivity index (χ1v) is 4.19. The Morgan fingerprint density at radius 2 is 2.00 bits per heavy atom. The van der Waals surface area contributed by atoms with Crippen molar-refractivity contribution in [2.45, 2.75) is 32.4 Å². The minimum absolute atomic E-state index is 0.476. The minimum atomic E-state index is -4.31. The van der Waals surface area contributed by atoms with Gasteiger partial charge in [0.1, 0.15) is 6.54 Å². The van der Waals surface area contributed by atoms with Crippen LogP contribution < -0.4 is 5.32 Å². The fourth-order valence-electron chi connectivity index (χ4n) is 1.33. The van der Waals surface area contributed by atoms with Gasteiger partial charge < -0.3 is 5.32 Å². The molecular weight excluding hydrogens is 183 g/mol. The lowest BCUT2D eigenvalue weighted by Crippen LogP contribution is -2.46. The van der Waals surface area contributed by atoms with Crippen LogP contribution in [0.1, 0.15) is 26.2 Å². The summed E-state index contributed by atoms with van der Waals surface area (Å²) in [5, 5.41) is 1.90. The van der Waals surface area contributed by atoms with Crippen molar-refractivity contribution >= 4 is 5.91 Å². The number of nitrogens with one attached hydrogen (secondary N) is 1. The van der Waals surface area contributed by atoms with Gasteiger partial charge in [0, 0.05) is 5.41 Å². The summed E-state index contributed by atoms with van der Waals surface area (Å²) in [6.45, 7) is 0.476. The average Bonchev–Trinajstić information content (AvgIpc) is 1.94. The molecule has 2 nitrogen and oxygen atoms in total. The first-order chi connectivity index (χ1) is 5.83. The summed E-state index contributed by atoms with van der Waals surface area (Å²) in [5.41, 5.74) is -0.550. The molecule has 1 saturated carbocycles. The highest BCUT2D eigenvalue weighted by molar-refractivity contribution is 5.83. The zero-order chi connectivity index (χ0) is 10.1. The lowest BCUT2D eigenvalue weighted by molar-refractivity contribution is -0.147. The SMILES string of the molecule is CC1(C(=O)NCC(F)(F)F)CCC1. The van der Waals surface area contributed by atoms with Crippen molar-refractivity contribution in [1.82, 2.24) is 5.32 Å². The molecule has 0 atom stereocenters. The molecule has 13 heavy (non-hydrogen) atoms. The highest BCUT2D eigenvalue weighted by Gasteiger charge is 2.40. The summed E-state index contributed by atoms with van der Waals surface area (Å²) < 4.78 is 35.1. The first-order valence-electron chi connectivity index (χ1n) is 4.19. The maximum absolute atomic E-state index is 11.7. The van der Waals surface area contributed by atoms with Crippen LogP contribution in [0, 0.1) is 5.41 Å². The summed E-state index contributed by atoms with van der Waals surface area (Å²) >= 11 is 0. The number of rotatable bonds is 2. The van der Waals surface area contributed by atoms with Gasteiger partial charge in [0.25, 0.3) is 0 Å². The summed E-state index contributed by atoms with van der Waals surface area (Å²) in [7, 11) is 0. The Morgan fingerprint density at radius 1 is 1.46 bits per heavy atom. The van der Waals surface area contributed by atoms with Crippen LogP contribution in [-0.4, -0.2) is 18.6 Å². The van der Waals surface area contributed by atoms with Crippen LogP contribution in [0.3, 0.4) is 0 Å². The van der Waals surface area contributed by atoms with Crippen molar-refractivity contribution < 1.29 is 18.0 Å². The molecule has 76 valence electrons. The van der Waals surface area contributed by atoms with Crippen LogP contribution in [0.15, 0.2) is 0 Å². The molecule has 0 aromatic carbocycles. The van der Waals surface area contributed by atoms with Crippen molar-refractivity contribution in [1.29, 1.82) is 0 Å². The minimum Gasteiger partial charge on any atom is -0.347 e. The van der Waals surface area contributed by atoms with Crippen molar-refractivity contribution in [2.75, 3.05) is 6.54 Å². The summed E-state index contributed by atoms with van der Waals surface area (Å²) in [4.78, 5) is 11.2. The van der Waals surface area contributed by atoms with Gasteiger partial charge in [0.05, 0.1) is 0 Å². The Labute approximate surface area is 74.5 Å². The van der Waals surface area contributed by atoms with E-state index in [9.17, 15) is 18.0 Å². The first kappa shape index (κ1) is 10.3. The van der Waals surface area contributed by atoms with Crippen LogP contribution in [0.5, 0.6) is 0 Å². The number of carbonyl (C=O) groups is 1. The predicted octanol–water partition coefficient (Wildman–Crippen LogP) is 1.86. The van der Waals surface area contributed by atoms with E-state index in [0.29, 0.717) is 12.8 Å². The van der Waals surface area contributed by atoms with E-state index in [-0.39, 0.29) is 0 Å². The largest absolute Gasteiger partial charge is 0.405 e. The quantitative estimate of drug-likeness (QED) is 0.715. The molecular formula is C8H12F3NO. The van der Waals surface area contributed by atoms with E-state index in [4.69, 9.17) is 0 Å². The van der Waals surface area contributed by atoms with Gasteiger partial charge in [-0.15, -0.1) is 0 Å². The van der Waals surface area contributed by atoms with Gasteiger partial charge in [0.2, 0.25) is 5.91 Å². The molecule has 1 aliphatic carbocycles. The lowest BCUT2D eigenvalue weighted by Gasteiger charge is -2.36. The summed E-state index contributed by atoms with van der Waals surface area (Å²) in [6, 6.07) is 0. The number of alkyl halides is 3. The maximum atomic E-state index is 11.7. The number of halogens is 3. The van der Waals surface area contributed by atoms with E-state index in [2.05, 4.69) is 0 Å². The van der Waals surface area contributed by atoms with E-state index < -0.39 is 24.0 Å². The highest BCUT2D eigenvalue weighted by Crippen LogP contribution is 2.40. The van der Waals surface area contributed by atoms with Gasteiger partial charge in [0.15, 0.2) is 0 Å². The van der Waals surface area contributed by atoms with Crippen LogP contribution in [-0.2, 0) is 4.79 Å². The number of hydrogen-bond donors (Lipinski definition) is 1. The molecule has 0 heterocycles. The predicted molar refractivity (Wildman–Crippen MR) is 41.0 cm³/mol. The van der Waals surface area contributed by atoms with Crippen LogP contribution >= 0.6 is 0 Å². The number of amides is 1. The van der Waals surface area contributed by atoms with Crippen LogP contribution in [0.4, 0.5) is 13.2 Å². The third kappa shape index (κ3) is 2.60. The zero-order valence-electron chi connectivity index (χ0n) is 7.37. The molecule has 1 N–H and O–H groups in total. The van der Waals surface area contributed by atoms with Gasteiger partial charge in [-0.2, -0.15) is 13.2 Å². The second-order valence-corrected chi connectivity index (χ2v) is 3.71. The molecule has 0 unspecified atom stereocenters. The highest BCUT2D eigenvalue weighted by atomic mass is 19.4. The molecule has 1 amide bonds. The van der Waals surface area contributed by atoms with E-state index >= 15 is 0 Å². The molecule has 0 spiro atoms. The van der Waals surface area contributed by atoms with Crippen LogP contribution in [0.2, 0.25) is 0 Å². The Kier molecular flexibility index (Phi) is 2.54. The third-order valence-corrected chi connectivity index (χ3v) is 2.45. The standard InChI is InChI=1S/C8H12F3NO/c1-7(3-2-4-7)6(13)12-5-8(9,10)11/h2-5H2,1H3,(H,12,13). The average molecular weight is 195 g/mol. The van der Waals surface area contributed by atoms with E-state index in [0.717, 1.165) is 6.42 Å². The van der Waals surface area contributed by atoms with Gasteiger partial charge in [-0.05, 0) is 12.8 Å². The van der Waals surface area contributed by atoms with Gasteiger partial charge >= 0.3 is 6.18 Å². The molecule has 0 aromatic rings. The van der Waals surface area contributed by atoms with Crippen molar-refractivity contribution in [2.24, 2.45) is 5.41 Å². The van der Waals surface area contributed by atoms with Crippen molar-refractivity contribution in [3.63, 3.8) is 0 Å². The fraction of sp³-hybridized carbons (Fsp3) is 0.875. The number of hydrogen-bond acceptors (Lipinski definition) is 1. The lowest BCUT2D eigenvalue weighted by atomic mass is 9.70. The third-order valence-electron chi connectivity index (χ3n) is 2.45. The molecule has 0 bridgehead atoms. The smallest absolute Gasteiger partial charge is 0.347 e. The monoisotopic (exact) mass is 195 g/mol. The maximum Gasteiger partial charge on any atom is 0.405 e. The van der Waals surface area contributed by atoms with Gasteiger partial charge in [-0.1, -0.05) is 13.3 Å². The molecule has 0 aromatic heterocycles. The molecule has 1 rings (SSSR count). The van der Waals surface area contributed by atoms with E-state index in [1.54, 1.807) is 6.92 Å². The second kappa shape index (κ2) is 3.20. The van der Waals surface area contributed by atoms with Crippen LogP contribution in [0.25, 0.3) is 0 Å². The van der Waals surface area contributed by atoms with E-state index in [1.807, 2.05) is 5.32 Å². The number of carbonyl (C=O) groups excluding carboxylic acids is 1. The molecule has 5 heteroatoms. The zero-order valence-corrected chi connectivity index (χ0v) is 7.37. The van der Waals surface area contributed by atoms with Crippen molar-refractivity contribution in [3.8, 4) is 0 Å². The second-order valence-electron chi connectivity index (χ2n) is 3.71. The summed E-state index contributed by atoms with van der Waals surface area (Å²) in [5.74, 6) is -0.476. The van der Waals surface area contributed by atoms with Gasteiger partial charge in [-0.25, -0.2) is 0 Å².